The zero-order valence-corrected chi connectivity index (χ0v) is 9.37. The molecule has 0 aromatic carbocycles. The molecule has 0 aromatic heterocycles. The number of ether oxygens (including phenoxy) is 1. The van der Waals surface area contributed by atoms with Gasteiger partial charge in [0.1, 0.15) is 6.54 Å². The van der Waals surface area contributed by atoms with Crippen LogP contribution in [0.15, 0.2) is 0 Å². The quantitative estimate of drug-likeness (QED) is 0.666. The van der Waals surface area contributed by atoms with Gasteiger partial charge in [0.15, 0.2) is 0 Å². The normalized spacial score (nSPS) is 10.8. The number of carbonyl (C=O) groups is 1. The van der Waals surface area contributed by atoms with Crippen molar-refractivity contribution >= 4 is 16.3 Å². The largest absolute Gasteiger partial charge is 0.452 e. The van der Waals surface area contributed by atoms with Crippen LogP contribution in [0.1, 0.15) is 13.3 Å². The number of nitrogens with one attached hydrogen (secondary N) is 1. The van der Waals surface area contributed by atoms with Gasteiger partial charge in [-0.1, -0.05) is 6.92 Å². The number of rotatable bonds is 5. The molecule has 0 radical (unpaired) electrons. The first-order valence-electron chi connectivity index (χ1n) is 4.20. The number of hydrogen-bond acceptors (Lipinski definition) is 5. The molecule has 0 aliphatic carbocycles. The molecule has 8 heteroatoms. The Morgan fingerprint density at radius 1 is 1.60 bits per heavy atom. The fourth-order valence-corrected chi connectivity index (χ4v) is 1.90. The molecule has 1 amide bonds. The summed E-state index contributed by atoms with van der Waals surface area (Å²) in [5, 5.41) is 8.42. The number of methoxy groups -OCH3 is 1. The van der Waals surface area contributed by atoms with Crippen LogP contribution >= 0.6 is 0 Å². The molecule has 0 saturated carbocycles. The van der Waals surface area contributed by atoms with E-state index in [1.165, 1.54) is 0 Å². The van der Waals surface area contributed by atoms with Crippen molar-refractivity contribution in [3.05, 3.63) is 0 Å². The van der Waals surface area contributed by atoms with Crippen LogP contribution in [-0.2, 0) is 14.9 Å². The molecule has 0 rings (SSSR count). The minimum Gasteiger partial charge on any atom is -0.452 e. The molecule has 0 saturated heterocycles. The van der Waals surface area contributed by atoms with Crippen molar-refractivity contribution in [3.63, 3.8) is 0 Å². The molecule has 0 spiro atoms. The maximum atomic E-state index is 11.4. The second-order valence-corrected chi connectivity index (χ2v) is 4.26. The molecule has 0 heterocycles. The van der Waals surface area contributed by atoms with E-state index >= 15 is 0 Å². The lowest BCUT2D eigenvalue weighted by atomic mass is 10.5. The van der Waals surface area contributed by atoms with Crippen molar-refractivity contribution in [1.29, 1.82) is 5.26 Å². The van der Waals surface area contributed by atoms with Gasteiger partial charge < -0.3 is 4.74 Å². The fraction of sp³-hybridized carbons (Fsp3) is 0.714. The van der Waals surface area contributed by atoms with Gasteiger partial charge in [0.05, 0.1) is 13.2 Å². The number of hydrogen-bond donors (Lipinski definition) is 1. The lowest BCUT2D eigenvalue weighted by molar-refractivity contribution is 0.177. The van der Waals surface area contributed by atoms with Crippen LogP contribution in [0.25, 0.3) is 0 Å². The first kappa shape index (κ1) is 13.7. The maximum absolute atomic E-state index is 11.4. The van der Waals surface area contributed by atoms with Crippen molar-refractivity contribution in [2.45, 2.75) is 13.3 Å². The first-order chi connectivity index (χ1) is 6.97. The third-order valence-corrected chi connectivity index (χ3v) is 2.87. The highest BCUT2D eigenvalue weighted by Crippen LogP contribution is 1.99. The summed E-state index contributed by atoms with van der Waals surface area (Å²) in [6.45, 7) is 1.62. The minimum atomic E-state index is -3.97. The predicted octanol–water partition coefficient (Wildman–Crippen LogP) is -0.177. The van der Waals surface area contributed by atoms with Gasteiger partial charge in [-0.05, 0) is 6.42 Å². The number of nitriles is 1. The maximum Gasteiger partial charge on any atom is 0.421 e. The summed E-state index contributed by atoms with van der Waals surface area (Å²) in [7, 11) is -2.92. The van der Waals surface area contributed by atoms with Gasteiger partial charge in [0.2, 0.25) is 0 Å². The third-order valence-electron chi connectivity index (χ3n) is 1.46. The van der Waals surface area contributed by atoms with E-state index in [4.69, 9.17) is 5.26 Å². The molecule has 7 nitrogen and oxygen atoms in total. The SMILES string of the molecule is CCCN(CC#N)S(=O)(=O)NC(=O)OC. The average molecular weight is 235 g/mol. The highest BCUT2D eigenvalue weighted by Gasteiger charge is 2.23. The van der Waals surface area contributed by atoms with Crippen molar-refractivity contribution in [2.24, 2.45) is 0 Å². The van der Waals surface area contributed by atoms with Crippen molar-refractivity contribution in [2.75, 3.05) is 20.2 Å². The van der Waals surface area contributed by atoms with Gasteiger partial charge >= 0.3 is 16.3 Å². The number of amides is 1. The number of carbonyl (C=O) groups excluding carboxylic acids is 1. The zero-order chi connectivity index (χ0) is 11.9. The van der Waals surface area contributed by atoms with Crippen LogP contribution in [0, 0.1) is 11.3 Å². The zero-order valence-electron chi connectivity index (χ0n) is 8.56. The van der Waals surface area contributed by atoms with Crippen molar-refractivity contribution < 1.29 is 17.9 Å². The van der Waals surface area contributed by atoms with Gasteiger partial charge in [0.25, 0.3) is 0 Å². The van der Waals surface area contributed by atoms with E-state index in [1.807, 2.05) is 0 Å². The molecular weight excluding hydrogens is 222 g/mol. The molecular formula is C7H13N3O4S. The van der Waals surface area contributed by atoms with E-state index in [0.717, 1.165) is 11.4 Å². The Hall–Kier alpha value is -1.33. The summed E-state index contributed by atoms with van der Waals surface area (Å²) >= 11 is 0. The van der Waals surface area contributed by atoms with E-state index in [1.54, 1.807) is 17.7 Å². The minimum absolute atomic E-state index is 0.167. The standard InChI is InChI=1S/C7H13N3O4S/c1-3-5-10(6-4-8)15(12,13)9-7(11)14-2/h3,5-6H2,1-2H3,(H,9,11). The Morgan fingerprint density at radius 2 is 2.20 bits per heavy atom. The smallest absolute Gasteiger partial charge is 0.421 e. The van der Waals surface area contributed by atoms with Gasteiger partial charge in [0, 0.05) is 6.54 Å². The summed E-state index contributed by atoms with van der Waals surface area (Å²) in [5.41, 5.74) is 0. The summed E-state index contributed by atoms with van der Waals surface area (Å²) in [6.07, 6.45) is -0.530. The van der Waals surface area contributed by atoms with E-state index in [-0.39, 0.29) is 13.1 Å². The Kier molecular flexibility index (Phi) is 5.66. The van der Waals surface area contributed by atoms with Crippen LogP contribution in [0.5, 0.6) is 0 Å². The molecule has 15 heavy (non-hydrogen) atoms. The molecule has 0 aliphatic rings. The van der Waals surface area contributed by atoms with Crippen molar-refractivity contribution in [3.8, 4) is 6.07 Å². The van der Waals surface area contributed by atoms with Gasteiger partial charge in [-0.25, -0.2) is 9.52 Å². The van der Waals surface area contributed by atoms with Crippen LogP contribution in [0.2, 0.25) is 0 Å². The Labute approximate surface area is 88.8 Å². The average Bonchev–Trinajstić information content (AvgIpc) is 2.16. The topological polar surface area (TPSA) is 99.5 Å². The Bertz CT molecular complexity index is 346. The fourth-order valence-electron chi connectivity index (χ4n) is 0.824. The predicted molar refractivity (Wildman–Crippen MR) is 51.9 cm³/mol. The monoisotopic (exact) mass is 235 g/mol. The first-order valence-corrected chi connectivity index (χ1v) is 5.64. The lowest BCUT2D eigenvalue weighted by Gasteiger charge is -2.17. The molecule has 86 valence electrons. The molecule has 0 unspecified atom stereocenters. The van der Waals surface area contributed by atoms with Crippen LogP contribution in [0.4, 0.5) is 4.79 Å². The Balaban J connectivity index is 4.65. The molecule has 1 N–H and O–H groups in total. The molecule has 0 aliphatic heterocycles. The summed E-state index contributed by atoms with van der Waals surface area (Å²) in [6, 6.07) is 1.70. The molecule has 0 bridgehead atoms. The highest BCUT2D eigenvalue weighted by atomic mass is 32.2. The second-order valence-electron chi connectivity index (χ2n) is 2.59. The number of nitrogens with zero attached hydrogens (tertiary/aromatic N) is 2. The van der Waals surface area contributed by atoms with Crippen molar-refractivity contribution in [1.82, 2.24) is 9.03 Å². The van der Waals surface area contributed by atoms with Crippen LogP contribution < -0.4 is 4.72 Å². The summed E-state index contributed by atoms with van der Waals surface area (Å²) < 4.78 is 29.6. The van der Waals surface area contributed by atoms with Gasteiger partial charge in [-0.2, -0.15) is 18.0 Å². The second kappa shape index (κ2) is 6.21. The summed E-state index contributed by atoms with van der Waals surface area (Å²) in [4.78, 5) is 10.7. The van der Waals surface area contributed by atoms with E-state index in [0.29, 0.717) is 6.42 Å². The Morgan fingerprint density at radius 3 is 2.60 bits per heavy atom. The lowest BCUT2D eigenvalue weighted by Crippen LogP contribution is -2.44. The molecule has 0 fully saturated rings. The summed E-state index contributed by atoms with van der Waals surface area (Å²) in [5.74, 6) is 0. The molecule has 0 atom stereocenters. The highest BCUT2D eigenvalue weighted by molar-refractivity contribution is 7.87. The van der Waals surface area contributed by atoms with Gasteiger partial charge in [-0.3, -0.25) is 0 Å². The van der Waals surface area contributed by atoms with E-state index < -0.39 is 16.3 Å². The van der Waals surface area contributed by atoms with E-state index in [9.17, 15) is 13.2 Å². The van der Waals surface area contributed by atoms with E-state index in [2.05, 4.69) is 4.74 Å². The third kappa shape index (κ3) is 4.62. The molecule has 0 aromatic rings. The van der Waals surface area contributed by atoms with Crippen LogP contribution in [-0.4, -0.2) is 39.0 Å². The van der Waals surface area contributed by atoms with Crippen LogP contribution in [0.3, 0.4) is 0 Å². The van der Waals surface area contributed by atoms with Gasteiger partial charge in [-0.15, -0.1) is 0 Å².